The maximum atomic E-state index is 12.1. The van der Waals surface area contributed by atoms with Crippen molar-refractivity contribution in [1.29, 1.82) is 0 Å². The minimum Gasteiger partial charge on any atom is -0.507 e. The molecule has 0 fully saturated rings. The Labute approximate surface area is 125 Å². The summed E-state index contributed by atoms with van der Waals surface area (Å²) in [5.74, 6) is -0.104. The molecule has 0 atom stereocenters. The number of phenols is 1. The van der Waals surface area contributed by atoms with Gasteiger partial charge in [-0.25, -0.2) is 0 Å². The summed E-state index contributed by atoms with van der Waals surface area (Å²) in [6.07, 6.45) is 0. The molecule has 2 N–H and O–H groups in total. The molecule has 2 rings (SSSR count). The van der Waals surface area contributed by atoms with Gasteiger partial charge in [-0.3, -0.25) is 4.79 Å². The number of benzene rings is 2. The molecular weight excluding hydrogens is 353 g/mol. The summed E-state index contributed by atoms with van der Waals surface area (Å²) in [5, 5.41) is 12.5. The number of carbonyl (C=O) groups excluding carboxylic acids is 1. The number of phenolic OH excluding ortho intramolecular Hbond substituents is 1. The zero-order chi connectivity index (χ0) is 14.0. The third kappa shape index (κ3) is 3.26. The number of aryl methyl sites for hydroxylation is 2. The van der Waals surface area contributed by atoms with Gasteiger partial charge in [-0.15, -0.1) is 0 Å². The fraction of sp³-hybridized carbons (Fsp3) is 0.133. The molecular formula is C15H14INO2. The zero-order valence-corrected chi connectivity index (χ0v) is 12.9. The summed E-state index contributed by atoms with van der Waals surface area (Å²) >= 11 is 2.02. The van der Waals surface area contributed by atoms with Crippen molar-refractivity contribution in [3.8, 4) is 5.75 Å². The summed E-state index contributed by atoms with van der Waals surface area (Å²) < 4.78 is 0.723. The molecule has 0 spiro atoms. The van der Waals surface area contributed by atoms with Crippen LogP contribution in [0.1, 0.15) is 21.5 Å². The van der Waals surface area contributed by atoms with Gasteiger partial charge in [0.1, 0.15) is 5.75 Å². The monoisotopic (exact) mass is 367 g/mol. The van der Waals surface area contributed by atoms with Gasteiger partial charge < -0.3 is 10.4 Å². The van der Waals surface area contributed by atoms with E-state index >= 15 is 0 Å². The van der Waals surface area contributed by atoms with Gasteiger partial charge in [0.2, 0.25) is 0 Å². The lowest BCUT2D eigenvalue weighted by molar-refractivity contribution is 0.102. The smallest absolute Gasteiger partial charge is 0.255 e. The van der Waals surface area contributed by atoms with Crippen molar-refractivity contribution >= 4 is 34.2 Å². The second kappa shape index (κ2) is 5.61. The van der Waals surface area contributed by atoms with E-state index in [9.17, 15) is 9.90 Å². The molecule has 0 saturated carbocycles. The molecule has 98 valence electrons. The van der Waals surface area contributed by atoms with E-state index in [1.807, 2.05) is 54.6 Å². The van der Waals surface area contributed by atoms with Gasteiger partial charge in [-0.05, 0) is 66.3 Å². The number of nitrogens with one attached hydrogen (secondary N) is 1. The molecule has 0 unspecified atom stereocenters. The van der Waals surface area contributed by atoms with E-state index in [1.165, 1.54) is 6.07 Å². The predicted octanol–water partition coefficient (Wildman–Crippen LogP) is 3.87. The molecule has 0 radical (unpaired) electrons. The molecule has 0 bridgehead atoms. The Morgan fingerprint density at radius 1 is 1.16 bits per heavy atom. The van der Waals surface area contributed by atoms with E-state index in [4.69, 9.17) is 0 Å². The van der Waals surface area contributed by atoms with E-state index < -0.39 is 0 Å². The number of hydrogen-bond acceptors (Lipinski definition) is 2. The average Bonchev–Trinajstić information content (AvgIpc) is 2.36. The first-order valence-corrected chi connectivity index (χ1v) is 6.92. The highest BCUT2D eigenvalue weighted by Crippen LogP contribution is 2.22. The fourth-order valence-electron chi connectivity index (χ4n) is 1.80. The van der Waals surface area contributed by atoms with Crippen LogP contribution in [0.4, 0.5) is 5.69 Å². The van der Waals surface area contributed by atoms with Crippen LogP contribution in [0.25, 0.3) is 0 Å². The number of rotatable bonds is 2. The normalized spacial score (nSPS) is 10.3. The Morgan fingerprint density at radius 2 is 1.89 bits per heavy atom. The van der Waals surface area contributed by atoms with Crippen LogP contribution in [-0.4, -0.2) is 11.0 Å². The summed E-state index contributed by atoms with van der Waals surface area (Å²) in [6.45, 7) is 3.96. The van der Waals surface area contributed by atoms with Gasteiger partial charge in [0, 0.05) is 11.3 Å². The standard InChI is InChI=1S/C15H14INO2/c1-9-3-6-13(10(2)7-9)17-15(19)11-4-5-12(16)14(18)8-11/h3-8,18H,1-2H3,(H,17,19). The van der Waals surface area contributed by atoms with Crippen LogP contribution in [0.15, 0.2) is 36.4 Å². The van der Waals surface area contributed by atoms with Crippen LogP contribution in [0.2, 0.25) is 0 Å². The molecule has 0 aliphatic rings. The van der Waals surface area contributed by atoms with Gasteiger partial charge in [0.25, 0.3) is 5.91 Å². The van der Waals surface area contributed by atoms with E-state index in [-0.39, 0.29) is 11.7 Å². The van der Waals surface area contributed by atoms with E-state index in [2.05, 4.69) is 5.32 Å². The Bertz CT molecular complexity index is 638. The largest absolute Gasteiger partial charge is 0.507 e. The lowest BCUT2D eigenvalue weighted by atomic mass is 10.1. The van der Waals surface area contributed by atoms with Gasteiger partial charge in [-0.1, -0.05) is 17.7 Å². The Hall–Kier alpha value is -1.56. The Morgan fingerprint density at radius 3 is 2.53 bits per heavy atom. The minimum absolute atomic E-state index is 0.119. The molecule has 19 heavy (non-hydrogen) atoms. The summed E-state index contributed by atoms with van der Waals surface area (Å²) in [7, 11) is 0. The lowest BCUT2D eigenvalue weighted by Gasteiger charge is -2.09. The number of aromatic hydroxyl groups is 1. The van der Waals surface area contributed by atoms with Crippen LogP contribution in [-0.2, 0) is 0 Å². The van der Waals surface area contributed by atoms with Gasteiger partial charge >= 0.3 is 0 Å². The Balaban J connectivity index is 2.23. The fourth-order valence-corrected chi connectivity index (χ4v) is 2.14. The van der Waals surface area contributed by atoms with E-state index in [1.54, 1.807) is 12.1 Å². The van der Waals surface area contributed by atoms with Crippen molar-refractivity contribution in [1.82, 2.24) is 0 Å². The van der Waals surface area contributed by atoms with Crippen LogP contribution in [0.5, 0.6) is 5.75 Å². The van der Waals surface area contributed by atoms with E-state index in [0.29, 0.717) is 5.56 Å². The van der Waals surface area contributed by atoms with Crippen LogP contribution >= 0.6 is 22.6 Å². The van der Waals surface area contributed by atoms with Crippen molar-refractivity contribution in [3.05, 3.63) is 56.7 Å². The molecule has 0 aliphatic heterocycles. The third-order valence-electron chi connectivity index (χ3n) is 2.84. The molecule has 0 aromatic heterocycles. The maximum Gasteiger partial charge on any atom is 0.255 e. The highest BCUT2D eigenvalue weighted by molar-refractivity contribution is 14.1. The first-order chi connectivity index (χ1) is 8.97. The summed E-state index contributed by atoms with van der Waals surface area (Å²) in [6, 6.07) is 10.7. The zero-order valence-electron chi connectivity index (χ0n) is 10.7. The van der Waals surface area contributed by atoms with Crippen LogP contribution in [0, 0.1) is 17.4 Å². The summed E-state index contributed by atoms with van der Waals surface area (Å²) in [5.41, 5.74) is 3.40. The number of hydrogen-bond donors (Lipinski definition) is 2. The van der Waals surface area contributed by atoms with Crippen molar-refractivity contribution in [2.24, 2.45) is 0 Å². The summed E-state index contributed by atoms with van der Waals surface area (Å²) in [4.78, 5) is 12.1. The number of anilines is 1. The molecule has 0 heterocycles. The first kappa shape index (κ1) is 13.9. The highest BCUT2D eigenvalue weighted by Gasteiger charge is 2.09. The predicted molar refractivity (Wildman–Crippen MR) is 84.7 cm³/mol. The minimum atomic E-state index is -0.223. The van der Waals surface area contributed by atoms with Gasteiger partial charge in [-0.2, -0.15) is 0 Å². The first-order valence-electron chi connectivity index (χ1n) is 5.84. The van der Waals surface area contributed by atoms with Crippen molar-refractivity contribution < 1.29 is 9.90 Å². The topological polar surface area (TPSA) is 49.3 Å². The second-order valence-corrected chi connectivity index (χ2v) is 5.60. The number of amides is 1. The maximum absolute atomic E-state index is 12.1. The van der Waals surface area contributed by atoms with Crippen molar-refractivity contribution in [2.75, 3.05) is 5.32 Å². The Kier molecular flexibility index (Phi) is 4.09. The molecule has 3 nitrogen and oxygen atoms in total. The molecule has 0 saturated heterocycles. The molecule has 2 aromatic carbocycles. The SMILES string of the molecule is Cc1ccc(NC(=O)c2ccc(I)c(O)c2)c(C)c1. The van der Waals surface area contributed by atoms with Gasteiger partial charge in [0.15, 0.2) is 0 Å². The molecule has 0 aliphatic carbocycles. The van der Waals surface area contributed by atoms with Crippen LogP contribution in [0.3, 0.4) is 0 Å². The quantitative estimate of drug-likeness (QED) is 0.792. The highest BCUT2D eigenvalue weighted by atomic mass is 127. The molecule has 1 amide bonds. The van der Waals surface area contributed by atoms with Gasteiger partial charge in [0.05, 0.1) is 3.57 Å². The van der Waals surface area contributed by atoms with Crippen molar-refractivity contribution in [3.63, 3.8) is 0 Å². The third-order valence-corrected chi connectivity index (χ3v) is 3.75. The number of carbonyl (C=O) groups is 1. The van der Waals surface area contributed by atoms with Crippen molar-refractivity contribution in [2.45, 2.75) is 13.8 Å². The number of halogens is 1. The molecule has 2 aromatic rings. The second-order valence-electron chi connectivity index (χ2n) is 4.44. The lowest BCUT2D eigenvalue weighted by Crippen LogP contribution is -2.12. The average molecular weight is 367 g/mol. The van der Waals surface area contributed by atoms with Crippen LogP contribution < -0.4 is 5.32 Å². The van der Waals surface area contributed by atoms with E-state index in [0.717, 1.165) is 20.4 Å². The molecule has 4 heteroatoms.